The lowest BCUT2D eigenvalue weighted by Gasteiger charge is -2.27. The van der Waals surface area contributed by atoms with Gasteiger partial charge in [0.05, 0.1) is 50.8 Å². The molecule has 14 heteroatoms. The standard InChI is InChI=1S/C38H34F6N2O6/c39-37(40,41)31-9-20(45)3-7-33(31)51-22-5-1-19(2-6-22)35-27(11-23-15-47-23)29(13-25-17-49-25)36(30(14-26-18-50-26)28(35)12-24-16-48-24)52-34-8-4-21(46)10-32(34)38(42,43)44/h1-10,23-26H,11-18,45-46H2. The molecule has 4 aromatic rings. The molecule has 8 rings (SSSR count). The Morgan fingerprint density at radius 3 is 1.31 bits per heavy atom. The minimum absolute atomic E-state index is 0.0485. The van der Waals surface area contributed by atoms with Crippen LogP contribution in [0.1, 0.15) is 33.4 Å². The van der Waals surface area contributed by atoms with Crippen molar-refractivity contribution in [1.29, 1.82) is 0 Å². The van der Waals surface area contributed by atoms with Gasteiger partial charge in [-0.1, -0.05) is 12.1 Å². The molecule has 8 nitrogen and oxygen atoms in total. The van der Waals surface area contributed by atoms with Gasteiger partial charge < -0.3 is 39.9 Å². The topological polar surface area (TPSA) is 121 Å². The fourth-order valence-electron chi connectivity index (χ4n) is 6.59. The Balaban J connectivity index is 1.29. The van der Waals surface area contributed by atoms with E-state index in [2.05, 4.69) is 0 Å². The molecule has 4 heterocycles. The summed E-state index contributed by atoms with van der Waals surface area (Å²) >= 11 is 0. The van der Waals surface area contributed by atoms with Crippen molar-refractivity contribution in [3.63, 3.8) is 0 Å². The first-order valence-corrected chi connectivity index (χ1v) is 16.9. The number of nitrogens with two attached hydrogens (primary N) is 2. The maximum Gasteiger partial charge on any atom is 0.420 e. The lowest BCUT2D eigenvalue weighted by molar-refractivity contribution is -0.139. The second-order valence-corrected chi connectivity index (χ2v) is 13.5. The number of benzene rings is 4. The molecule has 52 heavy (non-hydrogen) atoms. The summed E-state index contributed by atoms with van der Waals surface area (Å²) in [4.78, 5) is 0. The summed E-state index contributed by atoms with van der Waals surface area (Å²) in [6, 6.07) is 13.5. The van der Waals surface area contributed by atoms with Crippen LogP contribution in [0.2, 0.25) is 0 Å². The van der Waals surface area contributed by atoms with Crippen LogP contribution < -0.4 is 20.9 Å². The number of halogens is 6. The minimum atomic E-state index is -4.74. The van der Waals surface area contributed by atoms with E-state index in [1.54, 1.807) is 24.3 Å². The molecule has 0 amide bonds. The Hall–Kier alpha value is -4.50. The van der Waals surface area contributed by atoms with Crippen LogP contribution in [0.3, 0.4) is 0 Å². The Bertz CT molecular complexity index is 1930. The van der Waals surface area contributed by atoms with Gasteiger partial charge in [0.1, 0.15) is 34.1 Å². The molecule has 4 atom stereocenters. The minimum Gasteiger partial charge on any atom is -0.457 e. The van der Waals surface area contributed by atoms with Crippen molar-refractivity contribution in [2.24, 2.45) is 0 Å². The van der Waals surface area contributed by atoms with E-state index in [1.807, 2.05) is 0 Å². The second kappa shape index (κ2) is 13.2. The van der Waals surface area contributed by atoms with Gasteiger partial charge in [-0.15, -0.1) is 0 Å². The third kappa shape index (κ3) is 7.80. The van der Waals surface area contributed by atoms with Crippen molar-refractivity contribution >= 4 is 11.4 Å². The van der Waals surface area contributed by atoms with Gasteiger partial charge in [-0.05, 0) is 70.8 Å². The van der Waals surface area contributed by atoms with Crippen molar-refractivity contribution in [3.05, 3.63) is 94.0 Å². The van der Waals surface area contributed by atoms with Crippen LogP contribution in [0.25, 0.3) is 11.1 Å². The first kappa shape index (κ1) is 34.6. The highest BCUT2D eigenvalue weighted by Gasteiger charge is 2.40. The number of hydrogen-bond donors (Lipinski definition) is 2. The molecule has 0 saturated carbocycles. The fourth-order valence-corrected chi connectivity index (χ4v) is 6.59. The van der Waals surface area contributed by atoms with Crippen LogP contribution >= 0.6 is 0 Å². The Labute approximate surface area is 294 Å². The van der Waals surface area contributed by atoms with E-state index in [1.165, 1.54) is 24.3 Å². The molecule has 4 aliphatic rings. The van der Waals surface area contributed by atoms with E-state index in [0.717, 1.165) is 34.4 Å². The van der Waals surface area contributed by atoms with Crippen LogP contribution in [0.15, 0.2) is 60.7 Å². The average Bonchev–Trinajstić information content (AvgIpc) is 3.87. The zero-order chi connectivity index (χ0) is 36.4. The Kier molecular flexibility index (Phi) is 8.76. The van der Waals surface area contributed by atoms with Crippen molar-refractivity contribution in [3.8, 4) is 34.1 Å². The van der Waals surface area contributed by atoms with E-state index in [4.69, 9.17) is 39.9 Å². The van der Waals surface area contributed by atoms with Gasteiger partial charge in [-0.2, -0.15) is 26.3 Å². The van der Waals surface area contributed by atoms with Crippen LogP contribution in [-0.2, 0) is 57.0 Å². The van der Waals surface area contributed by atoms with Gasteiger partial charge in [0.15, 0.2) is 0 Å². The summed E-state index contributed by atoms with van der Waals surface area (Å²) in [5.74, 6) is -0.290. The van der Waals surface area contributed by atoms with Crippen LogP contribution in [0, 0.1) is 0 Å². The van der Waals surface area contributed by atoms with Gasteiger partial charge in [0, 0.05) is 48.2 Å². The highest BCUT2D eigenvalue weighted by Crippen LogP contribution is 2.49. The Morgan fingerprint density at radius 1 is 0.538 bits per heavy atom. The molecule has 0 bridgehead atoms. The van der Waals surface area contributed by atoms with Crippen molar-refractivity contribution in [1.82, 2.24) is 0 Å². The zero-order valence-corrected chi connectivity index (χ0v) is 27.6. The number of rotatable bonds is 13. The second-order valence-electron chi connectivity index (χ2n) is 13.5. The van der Waals surface area contributed by atoms with E-state index < -0.39 is 29.2 Å². The highest BCUT2D eigenvalue weighted by atomic mass is 19.4. The molecule has 0 aromatic heterocycles. The summed E-state index contributed by atoms with van der Waals surface area (Å²) in [7, 11) is 0. The van der Waals surface area contributed by atoms with E-state index >= 15 is 0 Å². The third-order valence-corrected chi connectivity index (χ3v) is 9.42. The van der Waals surface area contributed by atoms with E-state index in [-0.39, 0.29) is 47.3 Å². The summed E-state index contributed by atoms with van der Waals surface area (Å²) in [5.41, 5.74) is 14.0. The van der Waals surface area contributed by atoms with Gasteiger partial charge in [0.2, 0.25) is 0 Å². The number of hydrogen-bond acceptors (Lipinski definition) is 8. The van der Waals surface area contributed by atoms with Crippen molar-refractivity contribution in [2.75, 3.05) is 37.9 Å². The molecule has 4 aromatic carbocycles. The molecule has 0 aliphatic carbocycles. The smallest absolute Gasteiger partial charge is 0.420 e. The first-order valence-electron chi connectivity index (χ1n) is 16.9. The normalized spacial score (nSPS) is 21.9. The van der Waals surface area contributed by atoms with Crippen LogP contribution in [0.5, 0.6) is 23.0 Å². The molecule has 4 unspecified atom stereocenters. The zero-order valence-electron chi connectivity index (χ0n) is 27.6. The lowest BCUT2D eigenvalue weighted by atomic mass is 9.80. The van der Waals surface area contributed by atoms with E-state index in [0.29, 0.717) is 69.0 Å². The predicted octanol–water partition coefficient (Wildman–Crippen LogP) is 7.91. The first-order chi connectivity index (χ1) is 24.8. The van der Waals surface area contributed by atoms with Crippen LogP contribution in [-0.4, -0.2) is 50.8 Å². The summed E-state index contributed by atoms with van der Waals surface area (Å²) in [6.45, 7) is 2.00. The molecule has 4 fully saturated rings. The largest absolute Gasteiger partial charge is 0.457 e. The molecule has 4 N–H and O–H groups in total. The predicted molar refractivity (Wildman–Crippen MR) is 178 cm³/mol. The fraction of sp³-hybridized carbons (Fsp3) is 0.368. The SMILES string of the molecule is Nc1ccc(Oc2ccc(-c3c(CC4CO4)c(CC4CO4)c(Oc4ccc(N)cc4C(F)(F)F)c(CC4CO4)c3CC3CO3)cc2)c(C(F)(F)F)c1. The van der Waals surface area contributed by atoms with Gasteiger partial charge >= 0.3 is 12.4 Å². The molecule has 4 saturated heterocycles. The number of alkyl halides is 6. The summed E-state index contributed by atoms with van der Waals surface area (Å²) in [6.07, 6.45) is -8.36. The van der Waals surface area contributed by atoms with E-state index in [9.17, 15) is 26.3 Å². The van der Waals surface area contributed by atoms with Crippen LogP contribution in [0.4, 0.5) is 37.7 Å². The molecule has 4 aliphatic heterocycles. The lowest BCUT2D eigenvalue weighted by Crippen LogP contribution is -2.16. The number of ether oxygens (including phenoxy) is 6. The van der Waals surface area contributed by atoms with Gasteiger partial charge in [-0.3, -0.25) is 0 Å². The maximum atomic E-state index is 14.4. The maximum absolute atomic E-state index is 14.4. The number of anilines is 2. The molecular formula is C38H34F6N2O6. The number of nitrogen functional groups attached to an aromatic ring is 2. The molecule has 274 valence electrons. The molecular weight excluding hydrogens is 694 g/mol. The summed E-state index contributed by atoms with van der Waals surface area (Å²) < 4.78 is 119. The third-order valence-electron chi connectivity index (χ3n) is 9.42. The Morgan fingerprint density at radius 2 is 0.923 bits per heavy atom. The molecule has 0 spiro atoms. The van der Waals surface area contributed by atoms with Crippen molar-refractivity contribution < 1.29 is 54.8 Å². The summed E-state index contributed by atoms with van der Waals surface area (Å²) in [5, 5.41) is 0. The average molecular weight is 729 g/mol. The molecule has 0 radical (unpaired) electrons. The quantitative estimate of drug-likeness (QED) is 0.0810. The number of epoxide rings is 4. The monoisotopic (exact) mass is 728 g/mol. The van der Waals surface area contributed by atoms with Gasteiger partial charge in [-0.25, -0.2) is 0 Å². The highest BCUT2D eigenvalue weighted by molar-refractivity contribution is 5.78. The van der Waals surface area contributed by atoms with Gasteiger partial charge in [0.25, 0.3) is 0 Å². The van der Waals surface area contributed by atoms with Crippen molar-refractivity contribution in [2.45, 2.75) is 62.5 Å².